The van der Waals surface area contributed by atoms with E-state index in [1.54, 1.807) is 6.92 Å². The van der Waals surface area contributed by atoms with Crippen molar-refractivity contribution in [3.8, 4) is 0 Å². The molecule has 15 heavy (non-hydrogen) atoms. The summed E-state index contributed by atoms with van der Waals surface area (Å²) in [6.45, 7) is 4.69. The molecule has 0 aromatic heterocycles. The number of amides is 1. The standard InChI is InChI=1S/C8H14N2O4S/c1-4-5(11)9-6(7(12)13)8(2,3)15-10-14/h6H,4H2,1-3H3,(H,9,11)(H,12,13)/t6-/m1/s1. The minimum atomic E-state index is -1.18. The maximum Gasteiger partial charge on any atom is 0.327 e. The highest BCUT2D eigenvalue weighted by atomic mass is 32.2. The molecule has 0 aromatic rings. The van der Waals surface area contributed by atoms with Crippen LogP contribution in [0, 0.1) is 4.91 Å². The molecular formula is C8H14N2O4S. The number of nitrogens with one attached hydrogen (secondary N) is 1. The number of nitroso groups, excluding NO2 is 1. The van der Waals surface area contributed by atoms with Crippen molar-refractivity contribution in [3.05, 3.63) is 4.91 Å². The summed E-state index contributed by atoms with van der Waals surface area (Å²) in [7, 11) is 0. The fourth-order valence-corrected chi connectivity index (χ4v) is 1.40. The summed E-state index contributed by atoms with van der Waals surface area (Å²) in [5.41, 5.74) is 0. The smallest absolute Gasteiger partial charge is 0.327 e. The van der Waals surface area contributed by atoms with Crippen LogP contribution in [0.25, 0.3) is 0 Å². The van der Waals surface area contributed by atoms with Crippen LogP contribution in [0.5, 0.6) is 0 Å². The Hall–Kier alpha value is -1.11. The van der Waals surface area contributed by atoms with E-state index in [4.69, 9.17) is 5.11 Å². The fourth-order valence-electron chi connectivity index (χ4n) is 0.945. The van der Waals surface area contributed by atoms with Crippen LogP contribution in [0.15, 0.2) is 4.58 Å². The van der Waals surface area contributed by atoms with E-state index >= 15 is 0 Å². The summed E-state index contributed by atoms with van der Waals surface area (Å²) in [4.78, 5) is 32.1. The van der Waals surface area contributed by atoms with Crippen LogP contribution in [0.1, 0.15) is 27.2 Å². The van der Waals surface area contributed by atoms with E-state index in [0.717, 1.165) is 0 Å². The van der Waals surface area contributed by atoms with Gasteiger partial charge < -0.3 is 10.4 Å². The Morgan fingerprint density at radius 2 is 2.07 bits per heavy atom. The molecule has 0 unspecified atom stereocenters. The molecule has 0 rings (SSSR count). The molecule has 2 N–H and O–H groups in total. The number of carboxylic acid groups (broad SMARTS) is 1. The lowest BCUT2D eigenvalue weighted by Gasteiger charge is -2.27. The van der Waals surface area contributed by atoms with Crippen molar-refractivity contribution in [1.82, 2.24) is 5.32 Å². The number of hydrogen-bond acceptors (Lipinski definition) is 5. The topological polar surface area (TPSA) is 95.8 Å². The van der Waals surface area contributed by atoms with Crippen LogP contribution in [0.3, 0.4) is 0 Å². The fraction of sp³-hybridized carbons (Fsp3) is 0.750. The zero-order chi connectivity index (χ0) is 12.1. The highest BCUT2D eigenvalue weighted by Gasteiger charge is 2.37. The van der Waals surface area contributed by atoms with Crippen molar-refractivity contribution in [2.45, 2.75) is 38.0 Å². The molecule has 86 valence electrons. The molecule has 0 fully saturated rings. The maximum atomic E-state index is 11.1. The lowest BCUT2D eigenvalue weighted by molar-refractivity contribution is -0.142. The molecule has 0 aliphatic carbocycles. The van der Waals surface area contributed by atoms with Gasteiger partial charge in [0, 0.05) is 23.0 Å². The Labute approximate surface area is 91.9 Å². The third-order valence-electron chi connectivity index (χ3n) is 1.84. The summed E-state index contributed by atoms with van der Waals surface area (Å²) >= 11 is 0.596. The second-order valence-corrected chi connectivity index (χ2v) is 4.85. The molecule has 0 bridgehead atoms. The minimum Gasteiger partial charge on any atom is -0.480 e. The van der Waals surface area contributed by atoms with Crippen LogP contribution in [-0.4, -0.2) is 27.8 Å². The Morgan fingerprint density at radius 1 is 1.53 bits per heavy atom. The zero-order valence-electron chi connectivity index (χ0n) is 8.81. The summed E-state index contributed by atoms with van der Waals surface area (Å²) < 4.78 is 1.62. The number of hydrogen-bond donors (Lipinski definition) is 2. The van der Waals surface area contributed by atoms with Crippen molar-refractivity contribution in [1.29, 1.82) is 0 Å². The number of rotatable bonds is 6. The SMILES string of the molecule is CCC(=O)N[C@H](C(=O)O)C(C)(C)SN=O. The second-order valence-electron chi connectivity index (χ2n) is 3.46. The number of carboxylic acids is 1. The van der Waals surface area contributed by atoms with E-state index in [1.165, 1.54) is 13.8 Å². The third kappa shape index (κ3) is 4.28. The van der Waals surface area contributed by atoms with Gasteiger partial charge in [0.05, 0.1) is 4.75 Å². The molecule has 1 atom stereocenters. The Bertz CT molecular complexity index is 267. The van der Waals surface area contributed by atoms with E-state index in [0.29, 0.717) is 11.9 Å². The van der Waals surface area contributed by atoms with Crippen molar-refractivity contribution >= 4 is 23.8 Å². The van der Waals surface area contributed by atoms with E-state index in [2.05, 4.69) is 9.90 Å². The van der Waals surface area contributed by atoms with Crippen LogP contribution in [-0.2, 0) is 9.59 Å². The van der Waals surface area contributed by atoms with Crippen LogP contribution in [0.2, 0.25) is 0 Å². The van der Waals surface area contributed by atoms with Gasteiger partial charge >= 0.3 is 5.97 Å². The van der Waals surface area contributed by atoms with Gasteiger partial charge in [-0.05, 0) is 13.8 Å². The zero-order valence-corrected chi connectivity index (χ0v) is 9.63. The molecule has 0 radical (unpaired) electrons. The lowest BCUT2D eigenvalue weighted by atomic mass is 10.0. The number of nitrogens with zero attached hydrogens (tertiary/aromatic N) is 1. The van der Waals surface area contributed by atoms with Crippen LogP contribution >= 0.6 is 11.9 Å². The summed E-state index contributed by atoms with van der Waals surface area (Å²) in [6, 6.07) is -1.13. The summed E-state index contributed by atoms with van der Waals surface area (Å²) in [5, 5.41) is 11.2. The molecule has 0 aliphatic heterocycles. The van der Waals surface area contributed by atoms with Gasteiger partial charge in [-0.1, -0.05) is 6.92 Å². The predicted molar refractivity (Wildman–Crippen MR) is 57.3 cm³/mol. The predicted octanol–water partition coefficient (Wildman–Crippen LogP) is 1.16. The molecule has 1 amide bonds. The minimum absolute atomic E-state index is 0.193. The van der Waals surface area contributed by atoms with Crippen molar-refractivity contribution in [2.24, 2.45) is 4.58 Å². The van der Waals surface area contributed by atoms with Gasteiger partial charge in [0.1, 0.15) is 6.04 Å². The number of aliphatic carboxylic acids is 1. The normalized spacial score (nSPS) is 13.0. The molecule has 7 heteroatoms. The van der Waals surface area contributed by atoms with Crippen LogP contribution < -0.4 is 5.32 Å². The molecule has 6 nitrogen and oxygen atoms in total. The van der Waals surface area contributed by atoms with Gasteiger partial charge in [0.25, 0.3) is 0 Å². The second kappa shape index (κ2) is 5.69. The van der Waals surface area contributed by atoms with Gasteiger partial charge in [0.15, 0.2) is 0 Å². The first-order chi connectivity index (χ1) is 6.85. The molecule has 0 saturated heterocycles. The van der Waals surface area contributed by atoms with Crippen molar-refractivity contribution in [3.63, 3.8) is 0 Å². The highest BCUT2D eigenvalue weighted by molar-refractivity contribution is 7.99. The Morgan fingerprint density at radius 3 is 2.40 bits per heavy atom. The van der Waals surface area contributed by atoms with Gasteiger partial charge in [-0.15, -0.1) is 4.91 Å². The molecule has 0 saturated carbocycles. The first-order valence-electron chi connectivity index (χ1n) is 4.38. The van der Waals surface area contributed by atoms with E-state index in [9.17, 15) is 14.5 Å². The number of carbonyl (C=O) groups is 2. The average molecular weight is 234 g/mol. The lowest BCUT2D eigenvalue weighted by Crippen LogP contribution is -2.52. The van der Waals surface area contributed by atoms with Gasteiger partial charge in [-0.2, -0.15) is 0 Å². The van der Waals surface area contributed by atoms with E-state index in [-0.39, 0.29) is 12.3 Å². The Balaban J connectivity index is 4.72. The van der Waals surface area contributed by atoms with Gasteiger partial charge in [0.2, 0.25) is 5.91 Å². The monoisotopic (exact) mass is 234 g/mol. The van der Waals surface area contributed by atoms with Crippen molar-refractivity contribution < 1.29 is 14.7 Å². The quantitative estimate of drug-likeness (QED) is 0.531. The van der Waals surface area contributed by atoms with E-state index in [1.807, 2.05) is 0 Å². The van der Waals surface area contributed by atoms with Gasteiger partial charge in [-0.3, -0.25) is 4.79 Å². The third-order valence-corrected chi connectivity index (χ3v) is 2.62. The number of carbonyl (C=O) groups excluding carboxylic acids is 1. The molecular weight excluding hydrogens is 220 g/mol. The summed E-state index contributed by atoms with van der Waals surface area (Å²) in [6.07, 6.45) is 0.193. The van der Waals surface area contributed by atoms with E-state index < -0.39 is 16.8 Å². The van der Waals surface area contributed by atoms with Crippen LogP contribution in [0.4, 0.5) is 0 Å². The summed E-state index contributed by atoms with van der Waals surface area (Å²) in [5.74, 6) is -1.56. The maximum absolute atomic E-state index is 11.1. The largest absolute Gasteiger partial charge is 0.480 e. The first-order valence-corrected chi connectivity index (χ1v) is 5.15. The molecule has 0 spiro atoms. The highest BCUT2D eigenvalue weighted by Crippen LogP contribution is 2.29. The first kappa shape index (κ1) is 13.9. The van der Waals surface area contributed by atoms with Gasteiger partial charge in [-0.25, -0.2) is 4.79 Å². The molecule has 0 heterocycles. The average Bonchev–Trinajstić information content (AvgIpc) is 2.12. The van der Waals surface area contributed by atoms with Crippen molar-refractivity contribution in [2.75, 3.05) is 0 Å². The molecule has 0 aromatic carbocycles. The molecule has 0 aliphatic rings. The Kier molecular flexibility index (Phi) is 5.27.